The van der Waals surface area contributed by atoms with Gasteiger partial charge in [0.15, 0.2) is 0 Å². The van der Waals surface area contributed by atoms with Gasteiger partial charge in [-0.1, -0.05) is 18.2 Å². The summed E-state index contributed by atoms with van der Waals surface area (Å²) in [4.78, 5) is 23.1. The smallest absolute Gasteiger partial charge is 0.313 e. The fraction of sp³-hybridized carbons (Fsp3) is 0.158. The van der Waals surface area contributed by atoms with Crippen LogP contribution in [0.5, 0.6) is 11.6 Å². The molecule has 4 rings (SSSR count). The number of nitro groups is 1. The van der Waals surface area contributed by atoms with Crippen molar-refractivity contribution in [1.82, 2.24) is 10.2 Å². The van der Waals surface area contributed by atoms with Crippen molar-refractivity contribution in [2.45, 2.75) is 12.3 Å². The van der Waals surface area contributed by atoms with Crippen LogP contribution in [-0.2, 0) is 4.79 Å². The molecule has 27 heavy (non-hydrogen) atoms. The molecule has 2 aromatic carbocycles. The van der Waals surface area contributed by atoms with Crippen molar-refractivity contribution in [3.05, 3.63) is 69.8 Å². The molecule has 1 aliphatic rings. The number of para-hydroxylation sites is 1. The maximum Gasteiger partial charge on any atom is 0.313 e. The van der Waals surface area contributed by atoms with Gasteiger partial charge in [0.05, 0.1) is 29.7 Å². The maximum absolute atomic E-state index is 12.1. The molecule has 0 radical (unpaired) electrons. The number of carbonyl (C=O) groups excluding carboxylic acids is 1. The third-order valence-corrected chi connectivity index (χ3v) is 4.59. The van der Waals surface area contributed by atoms with Crippen LogP contribution in [0.1, 0.15) is 23.5 Å². The SMILES string of the molecule is COc1ccc(-c2[nH]nc3c2[C@H](c2ccccc2[N+](=O)[O-])CC(=O)O3)cc1. The molecule has 3 aromatic rings. The Bertz CT molecular complexity index is 1030. The van der Waals surface area contributed by atoms with Crippen LogP contribution in [0.3, 0.4) is 0 Å². The van der Waals surface area contributed by atoms with Gasteiger partial charge in [0.2, 0.25) is 5.88 Å². The third-order valence-electron chi connectivity index (χ3n) is 4.59. The Morgan fingerprint density at radius 3 is 2.67 bits per heavy atom. The zero-order valence-corrected chi connectivity index (χ0v) is 14.3. The van der Waals surface area contributed by atoms with Gasteiger partial charge in [0, 0.05) is 23.1 Å². The molecule has 1 atom stereocenters. The van der Waals surface area contributed by atoms with Gasteiger partial charge in [-0.05, 0) is 24.3 Å². The molecule has 8 nitrogen and oxygen atoms in total. The molecule has 1 N–H and O–H groups in total. The number of aromatic nitrogens is 2. The highest BCUT2D eigenvalue weighted by atomic mass is 16.6. The summed E-state index contributed by atoms with van der Waals surface area (Å²) in [7, 11) is 1.58. The van der Waals surface area contributed by atoms with E-state index in [0.717, 1.165) is 5.56 Å². The number of fused-ring (bicyclic) bond motifs is 1. The highest BCUT2D eigenvalue weighted by molar-refractivity contribution is 5.81. The van der Waals surface area contributed by atoms with Crippen LogP contribution in [-0.4, -0.2) is 28.2 Å². The number of ether oxygens (including phenoxy) is 2. The number of hydrogen-bond donors (Lipinski definition) is 1. The number of hydrogen-bond acceptors (Lipinski definition) is 6. The number of methoxy groups -OCH3 is 1. The van der Waals surface area contributed by atoms with E-state index in [1.807, 2.05) is 12.1 Å². The van der Waals surface area contributed by atoms with E-state index in [0.29, 0.717) is 22.6 Å². The van der Waals surface area contributed by atoms with E-state index in [4.69, 9.17) is 9.47 Å². The summed E-state index contributed by atoms with van der Waals surface area (Å²) in [5, 5.41) is 18.5. The standard InChI is InChI=1S/C19H15N3O5/c1-26-12-8-6-11(7-9-12)18-17-14(10-16(23)27-19(17)21-20-18)13-4-2-3-5-15(13)22(24)25/h2-9,14H,10H2,1H3,(H,20,21)/t14-/m0/s1. The molecule has 8 heteroatoms. The van der Waals surface area contributed by atoms with Crippen molar-refractivity contribution in [1.29, 1.82) is 0 Å². The lowest BCUT2D eigenvalue weighted by Crippen LogP contribution is -2.21. The lowest BCUT2D eigenvalue weighted by atomic mass is 9.85. The fourth-order valence-corrected chi connectivity index (χ4v) is 3.35. The molecule has 0 fully saturated rings. The minimum absolute atomic E-state index is 0.000537. The highest BCUT2D eigenvalue weighted by Crippen LogP contribution is 2.45. The number of aromatic amines is 1. The minimum Gasteiger partial charge on any atom is -0.497 e. The average Bonchev–Trinajstić information content (AvgIpc) is 3.11. The Morgan fingerprint density at radius 1 is 1.22 bits per heavy atom. The highest BCUT2D eigenvalue weighted by Gasteiger charge is 2.36. The third kappa shape index (κ3) is 2.91. The number of esters is 1. The van der Waals surface area contributed by atoms with E-state index in [1.165, 1.54) is 6.07 Å². The summed E-state index contributed by atoms with van der Waals surface area (Å²) in [5.41, 5.74) is 2.52. The summed E-state index contributed by atoms with van der Waals surface area (Å²) in [6.45, 7) is 0. The number of benzene rings is 2. The predicted molar refractivity (Wildman–Crippen MR) is 95.8 cm³/mol. The van der Waals surface area contributed by atoms with Gasteiger partial charge in [-0.2, -0.15) is 0 Å². The van der Waals surface area contributed by atoms with E-state index in [9.17, 15) is 14.9 Å². The van der Waals surface area contributed by atoms with E-state index >= 15 is 0 Å². The predicted octanol–water partition coefficient (Wildman–Crippen LogP) is 3.43. The van der Waals surface area contributed by atoms with Crippen molar-refractivity contribution in [3.8, 4) is 22.9 Å². The van der Waals surface area contributed by atoms with Gasteiger partial charge >= 0.3 is 5.97 Å². The Labute approximate surface area is 153 Å². The summed E-state index contributed by atoms with van der Waals surface area (Å²) >= 11 is 0. The Balaban J connectivity index is 1.87. The molecular weight excluding hydrogens is 350 g/mol. The van der Waals surface area contributed by atoms with Gasteiger partial charge in [-0.3, -0.25) is 20.0 Å². The van der Waals surface area contributed by atoms with E-state index in [-0.39, 0.29) is 18.0 Å². The molecule has 1 aromatic heterocycles. The number of H-pyrrole nitrogens is 1. The maximum atomic E-state index is 12.1. The molecule has 0 saturated carbocycles. The average molecular weight is 365 g/mol. The van der Waals surface area contributed by atoms with Crippen LogP contribution in [0.4, 0.5) is 5.69 Å². The number of nitrogens with one attached hydrogen (secondary N) is 1. The van der Waals surface area contributed by atoms with Crippen molar-refractivity contribution in [2.24, 2.45) is 0 Å². The summed E-state index contributed by atoms with van der Waals surface area (Å²) in [5.74, 6) is -0.147. The first kappa shape index (κ1) is 16.8. The molecule has 0 spiro atoms. The topological polar surface area (TPSA) is 107 Å². The molecule has 1 aliphatic heterocycles. The van der Waals surface area contributed by atoms with Gasteiger partial charge in [0.1, 0.15) is 5.75 Å². The molecule has 0 amide bonds. The van der Waals surface area contributed by atoms with Crippen molar-refractivity contribution in [2.75, 3.05) is 7.11 Å². The van der Waals surface area contributed by atoms with Gasteiger partial charge in [-0.15, -0.1) is 5.10 Å². The normalized spacial score (nSPS) is 15.7. The zero-order valence-electron chi connectivity index (χ0n) is 14.3. The molecule has 0 aliphatic carbocycles. The number of rotatable bonds is 4. The first-order valence-corrected chi connectivity index (χ1v) is 8.25. The van der Waals surface area contributed by atoms with Gasteiger partial charge < -0.3 is 9.47 Å². The quantitative estimate of drug-likeness (QED) is 0.431. The largest absolute Gasteiger partial charge is 0.497 e. The number of nitrogens with zero attached hydrogens (tertiary/aromatic N) is 2. The molecular formula is C19H15N3O5. The van der Waals surface area contributed by atoms with Crippen molar-refractivity contribution in [3.63, 3.8) is 0 Å². The fourth-order valence-electron chi connectivity index (χ4n) is 3.35. The van der Waals surface area contributed by atoms with Crippen LogP contribution in [0.15, 0.2) is 48.5 Å². The van der Waals surface area contributed by atoms with Crippen LogP contribution in [0, 0.1) is 10.1 Å². The molecule has 0 unspecified atom stereocenters. The number of nitro benzene ring substituents is 1. The monoisotopic (exact) mass is 365 g/mol. The summed E-state index contributed by atoms with van der Waals surface area (Å²) < 4.78 is 10.4. The first-order chi connectivity index (χ1) is 13.1. The molecule has 136 valence electrons. The van der Waals surface area contributed by atoms with Crippen LogP contribution < -0.4 is 9.47 Å². The number of carbonyl (C=O) groups is 1. The first-order valence-electron chi connectivity index (χ1n) is 8.25. The molecule has 2 heterocycles. The Kier molecular flexibility index (Phi) is 4.08. The van der Waals surface area contributed by atoms with Gasteiger partial charge in [0.25, 0.3) is 5.69 Å². The molecule has 0 saturated heterocycles. The van der Waals surface area contributed by atoms with Crippen molar-refractivity contribution < 1.29 is 19.2 Å². The van der Waals surface area contributed by atoms with E-state index < -0.39 is 16.8 Å². The lowest BCUT2D eigenvalue weighted by molar-refractivity contribution is -0.385. The van der Waals surface area contributed by atoms with Gasteiger partial charge in [-0.25, -0.2) is 0 Å². The Morgan fingerprint density at radius 2 is 1.96 bits per heavy atom. The summed E-state index contributed by atoms with van der Waals surface area (Å²) in [6.07, 6.45) is 0.000537. The second-order valence-electron chi connectivity index (χ2n) is 6.09. The minimum atomic E-state index is -0.529. The lowest BCUT2D eigenvalue weighted by Gasteiger charge is -2.22. The van der Waals surface area contributed by atoms with E-state index in [1.54, 1.807) is 37.4 Å². The van der Waals surface area contributed by atoms with Crippen LogP contribution >= 0.6 is 0 Å². The summed E-state index contributed by atoms with van der Waals surface area (Å²) in [6, 6.07) is 13.7. The Hall–Kier alpha value is -3.68. The van der Waals surface area contributed by atoms with E-state index in [2.05, 4.69) is 10.2 Å². The van der Waals surface area contributed by atoms with Crippen LogP contribution in [0.2, 0.25) is 0 Å². The van der Waals surface area contributed by atoms with Crippen molar-refractivity contribution >= 4 is 11.7 Å². The van der Waals surface area contributed by atoms with Crippen LogP contribution in [0.25, 0.3) is 11.3 Å². The second-order valence-corrected chi connectivity index (χ2v) is 6.09. The zero-order chi connectivity index (χ0) is 19.0. The second kappa shape index (κ2) is 6.56. The molecule has 0 bridgehead atoms.